The van der Waals surface area contributed by atoms with E-state index in [1.165, 1.54) is 55.6 Å². The molecule has 0 saturated heterocycles. The highest BCUT2D eigenvalue weighted by molar-refractivity contribution is 6.28. The molecule has 4 nitrogen and oxygen atoms in total. The summed E-state index contributed by atoms with van der Waals surface area (Å²) in [6.45, 7) is 18.4. The molecular weight excluding hydrogens is 949 g/mol. The van der Waals surface area contributed by atoms with Crippen molar-refractivity contribution in [3.05, 3.63) is 240 Å². The Hall–Kier alpha value is -8.86. The molecule has 0 fully saturated rings. The largest absolute Gasteiger partial charge is 0.456 e. The molecule has 2 aliphatic rings. The van der Waals surface area contributed by atoms with Gasteiger partial charge in [-0.15, -0.1) is 0 Å². The first kappa shape index (κ1) is 46.4. The summed E-state index contributed by atoms with van der Waals surface area (Å²) >= 11 is 0. The summed E-state index contributed by atoms with van der Waals surface area (Å²) in [5.41, 5.74) is 23.3. The zero-order valence-electron chi connectivity index (χ0n) is 45.5. The van der Waals surface area contributed by atoms with Gasteiger partial charge >= 0.3 is 0 Å². The van der Waals surface area contributed by atoms with Crippen LogP contribution in [0.1, 0.15) is 101 Å². The summed E-state index contributed by atoms with van der Waals surface area (Å²) in [4.78, 5) is 4.82. The second-order valence-electron chi connectivity index (χ2n) is 23.7. The monoisotopic (exact) mass is 1010 g/mol. The third kappa shape index (κ3) is 6.91. The van der Waals surface area contributed by atoms with Crippen LogP contribution in [0, 0.1) is 0 Å². The smallest absolute Gasteiger partial charge is 0.136 e. The van der Waals surface area contributed by atoms with Crippen LogP contribution in [0.25, 0.3) is 87.7 Å². The number of hydrogen-bond donors (Lipinski definition) is 0. The fraction of sp³-hybridized carbons (Fsp3) is 0.162. The van der Waals surface area contributed by atoms with Crippen molar-refractivity contribution in [3.8, 4) is 22.3 Å². The lowest BCUT2D eigenvalue weighted by Crippen LogP contribution is -2.16. The first-order valence-electron chi connectivity index (χ1n) is 27.8. The van der Waals surface area contributed by atoms with Crippen molar-refractivity contribution in [2.24, 2.45) is 0 Å². The van der Waals surface area contributed by atoms with Crippen molar-refractivity contribution in [2.75, 3.05) is 9.80 Å². The maximum Gasteiger partial charge on any atom is 0.136 e. The van der Waals surface area contributed by atoms with Crippen molar-refractivity contribution < 1.29 is 8.83 Å². The number of benzene rings is 11. The Morgan fingerprint density at radius 1 is 0.308 bits per heavy atom. The van der Waals surface area contributed by atoms with Gasteiger partial charge in [-0.3, -0.25) is 0 Å². The molecule has 11 aromatic carbocycles. The van der Waals surface area contributed by atoms with E-state index in [0.29, 0.717) is 11.8 Å². The summed E-state index contributed by atoms with van der Waals surface area (Å²) in [6, 6.07) is 76.9. The normalized spacial score (nSPS) is 14.1. The second kappa shape index (κ2) is 16.8. The highest BCUT2D eigenvalue weighted by Gasteiger charge is 2.37. The Balaban J connectivity index is 0.834. The van der Waals surface area contributed by atoms with Crippen LogP contribution in [0.3, 0.4) is 0 Å². The van der Waals surface area contributed by atoms with Crippen LogP contribution in [0.15, 0.2) is 215 Å². The van der Waals surface area contributed by atoms with E-state index in [0.717, 1.165) is 99.5 Å². The maximum absolute atomic E-state index is 6.83. The lowest BCUT2D eigenvalue weighted by molar-refractivity contribution is 0.660. The van der Waals surface area contributed by atoms with Gasteiger partial charge in [-0.05, 0) is 198 Å². The first-order valence-corrected chi connectivity index (χ1v) is 27.8. The van der Waals surface area contributed by atoms with Gasteiger partial charge in [0.05, 0.1) is 0 Å². The molecule has 0 spiro atoms. The molecule has 78 heavy (non-hydrogen) atoms. The van der Waals surface area contributed by atoms with Crippen molar-refractivity contribution in [1.82, 2.24) is 0 Å². The van der Waals surface area contributed by atoms with Gasteiger partial charge in [0.1, 0.15) is 22.3 Å². The summed E-state index contributed by atoms with van der Waals surface area (Å²) in [7, 11) is 0. The SMILES string of the molecule is CC(C)c1ccc(N(c2ccc3c(c2)C(C)(C)c2ccccc2-3)c2ccc3cc4c(cc3c2)oc2ccc3oc5cc6cc(N(c7ccc(C(C)C)cc7)c7ccc8c(c7)C(C)(C)c7ccccc7-8)ccc6cc5c3c24)cc1. The lowest BCUT2D eigenvalue weighted by Gasteiger charge is -2.28. The predicted octanol–water partition coefficient (Wildman–Crippen LogP) is 21.6. The summed E-state index contributed by atoms with van der Waals surface area (Å²) < 4.78 is 13.7. The molecule has 2 aliphatic carbocycles. The molecule has 0 amide bonds. The predicted molar refractivity (Wildman–Crippen MR) is 329 cm³/mol. The zero-order chi connectivity index (χ0) is 52.9. The maximum atomic E-state index is 6.83. The zero-order valence-corrected chi connectivity index (χ0v) is 45.5. The molecule has 0 unspecified atom stereocenters. The quantitative estimate of drug-likeness (QED) is 0.152. The first-order chi connectivity index (χ1) is 37.8. The molecule has 0 saturated carbocycles. The standard InChI is InChI=1S/C74H60N2O2/c1-43(2)45-17-23-51(24-18-45)75(55-29-31-59-57-13-9-11-15-63(57)73(5,6)65(59)41-55)53-27-21-47-37-61-69(39-49(47)35-53)77-67-33-34-68-72(71(61)67)62-38-48-22-28-54(36-50(48)40-70(62)78-68)76(52-25-19-46(20-26-52)44(3)4)56-30-32-60-58-14-10-12-16-64(58)74(7,8)66(60)42-56/h9-44H,1-8H3. The average molecular weight is 1010 g/mol. The van der Waals surface area contributed by atoms with E-state index in [9.17, 15) is 0 Å². The highest BCUT2D eigenvalue weighted by atomic mass is 16.3. The topological polar surface area (TPSA) is 32.8 Å². The molecule has 378 valence electrons. The molecule has 0 atom stereocenters. The van der Waals surface area contributed by atoms with Crippen LogP contribution in [0.5, 0.6) is 0 Å². The summed E-state index contributed by atoms with van der Waals surface area (Å²) in [5.74, 6) is 0.884. The third-order valence-electron chi connectivity index (χ3n) is 17.8. The van der Waals surface area contributed by atoms with Crippen molar-refractivity contribution in [1.29, 1.82) is 0 Å². The number of nitrogens with zero attached hydrogens (tertiary/aromatic N) is 2. The van der Waals surface area contributed by atoms with Crippen LogP contribution in [0.2, 0.25) is 0 Å². The highest BCUT2D eigenvalue weighted by Crippen LogP contribution is 2.53. The van der Waals surface area contributed by atoms with Gasteiger partial charge in [-0.2, -0.15) is 0 Å². The van der Waals surface area contributed by atoms with Crippen molar-refractivity contribution >= 4 is 99.5 Å². The Morgan fingerprint density at radius 2 is 0.667 bits per heavy atom. The van der Waals surface area contributed by atoms with Gasteiger partial charge in [0.15, 0.2) is 0 Å². The van der Waals surface area contributed by atoms with Gasteiger partial charge in [0, 0.05) is 66.5 Å². The summed E-state index contributed by atoms with van der Waals surface area (Å²) in [5, 5.41) is 8.85. The lowest BCUT2D eigenvalue weighted by atomic mass is 9.82. The Bertz CT molecular complexity index is 4330. The molecule has 2 heterocycles. The second-order valence-corrected chi connectivity index (χ2v) is 23.7. The van der Waals surface area contributed by atoms with Crippen LogP contribution >= 0.6 is 0 Å². The number of anilines is 6. The molecule has 0 radical (unpaired) electrons. The number of hydrogen-bond acceptors (Lipinski definition) is 4. The number of fused-ring (bicyclic) bond motifs is 15. The molecule has 0 N–H and O–H groups in total. The Kier molecular flexibility index (Phi) is 10.0. The molecule has 2 aromatic heterocycles. The van der Waals surface area contributed by atoms with Gasteiger partial charge in [0.25, 0.3) is 0 Å². The Morgan fingerprint density at radius 3 is 1.08 bits per heavy atom. The summed E-state index contributed by atoms with van der Waals surface area (Å²) in [6.07, 6.45) is 0. The Labute approximate surface area is 455 Å². The molecule has 0 aliphatic heterocycles. The minimum Gasteiger partial charge on any atom is -0.456 e. The molecule has 0 bridgehead atoms. The van der Waals surface area contributed by atoms with E-state index in [1.54, 1.807) is 0 Å². The molecule has 15 rings (SSSR count). The van der Waals surface area contributed by atoms with Crippen molar-refractivity contribution in [3.63, 3.8) is 0 Å². The average Bonchev–Trinajstić information content (AvgIpc) is 4.33. The number of rotatable bonds is 8. The minimum absolute atomic E-state index is 0.119. The van der Waals surface area contributed by atoms with Crippen LogP contribution in [0.4, 0.5) is 34.1 Å². The number of furan rings is 2. The fourth-order valence-corrected chi connectivity index (χ4v) is 13.4. The van der Waals surface area contributed by atoms with E-state index >= 15 is 0 Å². The van der Waals surface area contributed by atoms with Crippen LogP contribution in [-0.4, -0.2) is 0 Å². The third-order valence-corrected chi connectivity index (χ3v) is 17.8. The van der Waals surface area contributed by atoms with E-state index in [2.05, 4.69) is 271 Å². The minimum atomic E-state index is -0.119. The van der Waals surface area contributed by atoms with Gasteiger partial charge in [0.2, 0.25) is 0 Å². The van der Waals surface area contributed by atoms with Crippen LogP contribution < -0.4 is 9.80 Å². The van der Waals surface area contributed by atoms with E-state index in [1.807, 2.05) is 0 Å². The van der Waals surface area contributed by atoms with E-state index in [4.69, 9.17) is 8.83 Å². The van der Waals surface area contributed by atoms with E-state index in [-0.39, 0.29) is 10.8 Å². The van der Waals surface area contributed by atoms with Gasteiger partial charge < -0.3 is 18.6 Å². The van der Waals surface area contributed by atoms with Gasteiger partial charge in [-0.1, -0.05) is 152 Å². The van der Waals surface area contributed by atoms with Crippen LogP contribution in [-0.2, 0) is 10.8 Å². The molecule has 13 aromatic rings. The van der Waals surface area contributed by atoms with Crippen molar-refractivity contribution in [2.45, 2.75) is 78.1 Å². The fourth-order valence-electron chi connectivity index (χ4n) is 13.4. The van der Waals surface area contributed by atoms with E-state index < -0.39 is 0 Å². The molecular formula is C74H60N2O2. The van der Waals surface area contributed by atoms with Gasteiger partial charge in [-0.25, -0.2) is 0 Å². The molecule has 4 heteroatoms.